The Bertz CT molecular complexity index is 409. The van der Waals surface area contributed by atoms with Crippen LogP contribution in [0.3, 0.4) is 0 Å². The van der Waals surface area contributed by atoms with Crippen LogP contribution in [0, 0.1) is 6.92 Å². The van der Waals surface area contributed by atoms with E-state index < -0.39 is 0 Å². The SMILES string of the molecule is Cc1ccc(NCc2ccccn2)nc1. The van der Waals surface area contributed by atoms with E-state index in [0.717, 1.165) is 11.5 Å². The lowest BCUT2D eigenvalue weighted by atomic mass is 10.3. The minimum atomic E-state index is 0.705. The third-order valence-corrected chi connectivity index (χ3v) is 2.09. The van der Waals surface area contributed by atoms with Gasteiger partial charge in [-0.3, -0.25) is 4.98 Å². The molecule has 0 fully saturated rings. The van der Waals surface area contributed by atoms with Gasteiger partial charge in [0.1, 0.15) is 5.82 Å². The van der Waals surface area contributed by atoms with Gasteiger partial charge in [0.15, 0.2) is 0 Å². The second-order valence-corrected chi connectivity index (χ2v) is 3.40. The molecule has 2 heterocycles. The van der Waals surface area contributed by atoms with Crippen molar-refractivity contribution in [1.82, 2.24) is 9.97 Å². The van der Waals surface area contributed by atoms with Crippen LogP contribution in [0.4, 0.5) is 5.82 Å². The molecule has 1 N–H and O–H groups in total. The maximum Gasteiger partial charge on any atom is 0.126 e. The summed E-state index contributed by atoms with van der Waals surface area (Å²) in [7, 11) is 0. The summed E-state index contributed by atoms with van der Waals surface area (Å²) in [5.41, 5.74) is 2.18. The number of hydrogen-bond donors (Lipinski definition) is 1. The van der Waals surface area contributed by atoms with Gasteiger partial charge >= 0.3 is 0 Å². The van der Waals surface area contributed by atoms with Crippen LogP contribution >= 0.6 is 0 Å². The van der Waals surface area contributed by atoms with Gasteiger partial charge in [-0.05, 0) is 30.7 Å². The summed E-state index contributed by atoms with van der Waals surface area (Å²) in [6.07, 6.45) is 3.64. The quantitative estimate of drug-likeness (QED) is 0.824. The highest BCUT2D eigenvalue weighted by Gasteiger charge is 1.94. The Labute approximate surface area is 89.2 Å². The van der Waals surface area contributed by atoms with E-state index in [-0.39, 0.29) is 0 Å². The average molecular weight is 199 g/mol. The van der Waals surface area contributed by atoms with Crippen molar-refractivity contribution in [1.29, 1.82) is 0 Å². The topological polar surface area (TPSA) is 37.8 Å². The highest BCUT2D eigenvalue weighted by Crippen LogP contribution is 2.05. The number of nitrogens with one attached hydrogen (secondary N) is 1. The molecule has 0 saturated carbocycles. The van der Waals surface area contributed by atoms with E-state index >= 15 is 0 Å². The molecule has 0 radical (unpaired) electrons. The molecule has 0 amide bonds. The van der Waals surface area contributed by atoms with Crippen molar-refractivity contribution in [2.24, 2.45) is 0 Å². The molecule has 0 aliphatic rings. The first-order valence-electron chi connectivity index (χ1n) is 4.91. The highest BCUT2D eigenvalue weighted by molar-refractivity contribution is 5.35. The van der Waals surface area contributed by atoms with Crippen molar-refractivity contribution < 1.29 is 0 Å². The molecular formula is C12H13N3. The number of aryl methyl sites for hydroxylation is 1. The molecule has 0 bridgehead atoms. The van der Waals surface area contributed by atoms with Gasteiger partial charge in [-0.2, -0.15) is 0 Å². The molecule has 15 heavy (non-hydrogen) atoms. The molecule has 0 atom stereocenters. The van der Waals surface area contributed by atoms with Crippen LogP contribution in [0.25, 0.3) is 0 Å². The minimum Gasteiger partial charge on any atom is -0.364 e. The van der Waals surface area contributed by atoms with Gasteiger partial charge < -0.3 is 5.32 Å². The molecule has 0 saturated heterocycles. The third kappa shape index (κ3) is 2.77. The lowest BCUT2D eigenvalue weighted by Gasteiger charge is -2.04. The maximum atomic E-state index is 4.25. The Hall–Kier alpha value is -1.90. The smallest absolute Gasteiger partial charge is 0.126 e. The fourth-order valence-corrected chi connectivity index (χ4v) is 1.26. The van der Waals surface area contributed by atoms with Crippen molar-refractivity contribution in [3.63, 3.8) is 0 Å². The summed E-state index contributed by atoms with van der Waals surface area (Å²) in [6, 6.07) is 9.88. The predicted molar refractivity (Wildman–Crippen MR) is 60.5 cm³/mol. The molecule has 2 aromatic heterocycles. The molecule has 0 unspecified atom stereocenters. The first-order valence-corrected chi connectivity index (χ1v) is 4.91. The molecule has 0 spiro atoms. The number of hydrogen-bond acceptors (Lipinski definition) is 3. The Morgan fingerprint density at radius 2 is 2.07 bits per heavy atom. The van der Waals surface area contributed by atoms with Crippen molar-refractivity contribution in [2.75, 3.05) is 5.32 Å². The minimum absolute atomic E-state index is 0.705. The van der Waals surface area contributed by atoms with Crippen molar-refractivity contribution in [3.05, 3.63) is 54.0 Å². The van der Waals surface area contributed by atoms with Gasteiger partial charge in [0, 0.05) is 12.4 Å². The van der Waals surface area contributed by atoms with E-state index in [1.807, 2.05) is 43.5 Å². The van der Waals surface area contributed by atoms with Crippen LogP contribution in [-0.2, 0) is 6.54 Å². The molecule has 0 aliphatic heterocycles. The lowest BCUT2D eigenvalue weighted by molar-refractivity contribution is 1.03. The Morgan fingerprint density at radius 1 is 1.13 bits per heavy atom. The molecule has 2 rings (SSSR count). The number of rotatable bonds is 3. The van der Waals surface area contributed by atoms with Crippen molar-refractivity contribution >= 4 is 5.82 Å². The summed E-state index contributed by atoms with van der Waals surface area (Å²) < 4.78 is 0. The second-order valence-electron chi connectivity index (χ2n) is 3.40. The van der Waals surface area contributed by atoms with E-state index in [4.69, 9.17) is 0 Å². The van der Waals surface area contributed by atoms with Crippen LogP contribution in [0.2, 0.25) is 0 Å². The zero-order chi connectivity index (χ0) is 10.5. The molecule has 3 heteroatoms. The monoisotopic (exact) mass is 199 g/mol. The largest absolute Gasteiger partial charge is 0.364 e. The lowest BCUT2D eigenvalue weighted by Crippen LogP contribution is -2.02. The van der Waals surface area contributed by atoms with Gasteiger partial charge in [0.2, 0.25) is 0 Å². The van der Waals surface area contributed by atoms with Crippen molar-refractivity contribution in [2.45, 2.75) is 13.5 Å². The van der Waals surface area contributed by atoms with Gasteiger partial charge in [-0.25, -0.2) is 4.98 Å². The number of aromatic nitrogens is 2. The predicted octanol–water partition coefficient (Wildman–Crippen LogP) is 2.40. The second kappa shape index (κ2) is 4.55. The van der Waals surface area contributed by atoms with E-state index in [1.165, 1.54) is 5.56 Å². The first-order chi connectivity index (χ1) is 7.34. The van der Waals surface area contributed by atoms with Crippen LogP contribution in [-0.4, -0.2) is 9.97 Å². The maximum absolute atomic E-state index is 4.25. The van der Waals surface area contributed by atoms with Gasteiger partial charge in [-0.15, -0.1) is 0 Å². The van der Waals surface area contributed by atoms with Crippen LogP contribution in [0.1, 0.15) is 11.3 Å². The Morgan fingerprint density at radius 3 is 2.73 bits per heavy atom. The van der Waals surface area contributed by atoms with Crippen molar-refractivity contribution in [3.8, 4) is 0 Å². The fraction of sp³-hybridized carbons (Fsp3) is 0.167. The molecule has 76 valence electrons. The van der Waals surface area contributed by atoms with Crippen LogP contribution in [0.5, 0.6) is 0 Å². The third-order valence-electron chi connectivity index (χ3n) is 2.09. The van der Waals surface area contributed by atoms with Gasteiger partial charge in [-0.1, -0.05) is 12.1 Å². The normalized spacial score (nSPS) is 9.93. The standard InChI is InChI=1S/C12H13N3/c1-10-5-6-12(14-8-10)15-9-11-4-2-3-7-13-11/h2-8H,9H2,1H3,(H,14,15). The Kier molecular flexibility index (Phi) is 2.93. The summed E-state index contributed by atoms with van der Waals surface area (Å²) >= 11 is 0. The first kappa shape index (κ1) is 9.65. The van der Waals surface area contributed by atoms with E-state index in [2.05, 4.69) is 15.3 Å². The molecule has 0 aliphatic carbocycles. The summed E-state index contributed by atoms with van der Waals surface area (Å²) in [5.74, 6) is 0.881. The fourth-order valence-electron chi connectivity index (χ4n) is 1.26. The number of pyridine rings is 2. The number of anilines is 1. The van der Waals surface area contributed by atoms with E-state index in [0.29, 0.717) is 6.54 Å². The van der Waals surface area contributed by atoms with Gasteiger partial charge in [0.25, 0.3) is 0 Å². The Balaban J connectivity index is 1.96. The molecular weight excluding hydrogens is 186 g/mol. The summed E-state index contributed by atoms with van der Waals surface area (Å²) in [6.45, 7) is 2.73. The zero-order valence-electron chi connectivity index (χ0n) is 8.64. The average Bonchev–Trinajstić information content (AvgIpc) is 2.30. The summed E-state index contributed by atoms with van der Waals surface area (Å²) in [4.78, 5) is 8.48. The zero-order valence-corrected chi connectivity index (χ0v) is 8.64. The van der Waals surface area contributed by atoms with Crippen LogP contribution < -0.4 is 5.32 Å². The van der Waals surface area contributed by atoms with Crippen LogP contribution in [0.15, 0.2) is 42.7 Å². The van der Waals surface area contributed by atoms with E-state index in [9.17, 15) is 0 Å². The molecule has 3 nitrogen and oxygen atoms in total. The van der Waals surface area contributed by atoms with Gasteiger partial charge in [0.05, 0.1) is 12.2 Å². The van der Waals surface area contributed by atoms with E-state index in [1.54, 1.807) is 6.20 Å². The summed E-state index contributed by atoms with van der Waals surface area (Å²) in [5, 5.41) is 3.21. The molecule has 2 aromatic rings. The number of nitrogens with zero attached hydrogens (tertiary/aromatic N) is 2. The molecule has 0 aromatic carbocycles. The highest BCUT2D eigenvalue weighted by atomic mass is 15.0.